The maximum atomic E-state index is 14.6. The van der Waals surface area contributed by atoms with Gasteiger partial charge in [0.05, 0.1) is 11.6 Å². The molecule has 1 aromatic carbocycles. The van der Waals surface area contributed by atoms with E-state index in [0.29, 0.717) is 6.61 Å². The van der Waals surface area contributed by atoms with E-state index in [0.717, 1.165) is 55.4 Å². The molecule has 0 amide bonds. The zero-order chi connectivity index (χ0) is 20.6. The first-order valence-corrected chi connectivity index (χ1v) is 11.9. The molecule has 0 spiro atoms. The Morgan fingerprint density at radius 3 is 2.62 bits per heavy atom. The molecule has 1 unspecified atom stereocenters. The van der Waals surface area contributed by atoms with Crippen LogP contribution in [-0.4, -0.2) is 6.61 Å². The highest BCUT2D eigenvalue weighted by atomic mass is 35.5. The Kier molecular flexibility index (Phi) is 8.66. The maximum absolute atomic E-state index is 14.6. The van der Waals surface area contributed by atoms with E-state index in [1.165, 1.54) is 44.1 Å². The monoisotopic (exact) mass is 418 g/mol. The lowest BCUT2D eigenvalue weighted by Gasteiger charge is -2.35. The molecule has 0 bridgehead atoms. The Labute approximate surface area is 181 Å². The first kappa shape index (κ1) is 22.4. The number of halogens is 2. The van der Waals surface area contributed by atoms with Gasteiger partial charge in [0.1, 0.15) is 0 Å². The average Bonchev–Trinajstić information content (AvgIpc) is 2.76. The molecule has 3 heteroatoms. The van der Waals surface area contributed by atoms with Crippen LogP contribution in [0.1, 0.15) is 83.1 Å². The number of benzene rings is 1. The van der Waals surface area contributed by atoms with Gasteiger partial charge in [0.25, 0.3) is 0 Å². The fourth-order valence-electron chi connectivity index (χ4n) is 5.05. The summed E-state index contributed by atoms with van der Waals surface area (Å²) in [7, 11) is 0. The zero-order valence-corrected chi connectivity index (χ0v) is 18.7. The molecule has 0 aliphatic heterocycles. The third-order valence-electron chi connectivity index (χ3n) is 6.94. The summed E-state index contributed by atoms with van der Waals surface area (Å²) in [6.07, 6.45) is 17.6. The van der Waals surface area contributed by atoms with E-state index in [1.807, 2.05) is 6.07 Å². The van der Waals surface area contributed by atoms with Crippen LogP contribution in [0.4, 0.5) is 4.39 Å². The van der Waals surface area contributed by atoms with Crippen LogP contribution in [-0.2, 0) is 0 Å². The molecule has 0 aromatic heterocycles. The van der Waals surface area contributed by atoms with Crippen molar-refractivity contribution < 1.29 is 9.13 Å². The second-order valence-electron chi connectivity index (χ2n) is 8.85. The van der Waals surface area contributed by atoms with E-state index in [4.69, 9.17) is 16.3 Å². The number of rotatable bonds is 9. The van der Waals surface area contributed by atoms with Crippen LogP contribution in [0, 0.1) is 23.6 Å². The van der Waals surface area contributed by atoms with Gasteiger partial charge in [-0.05, 0) is 92.4 Å². The topological polar surface area (TPSA) is 9.23 Å². The molecular weight excluding hydrogens is 383 g/mol. The summed E-state index contributed by atoms with van der Waals surface area (Å²) < 4.78 is 20.2. The molecule has 1 saturated carbocycles. The van der Waals surface area contributed by atoms with Crippen LogP contribution < -0.4 is 4.74 Å². The maximum Gasteiger partial charge on any atom is 0.184 e. The van der Waals surface area contributed by atoms with E-state index in [9.17, 15) is 4.39 Å². The number of unbranched alkanes of at least 4 members (excludes halogenated alkanes) is 1. The van der Waals surface area contributed by atoms with Crippen molar-refractivity contribution in [3.63, 3.8) is 0 Å². The molecule has 3 rings (SSSR count). The molecule has 29 heavy (non-hydrogen) atoms. The first-order chi connectivity index (χ1) is 14.1. The predicted molar refractivity (Wildman–Crippen MR) is 122 cm³/mol. The second-order valence-corrected chi connectivity index (χ2v) is 9.23. The van der Waals surface area contributed by atoms with Crippen LogP contribution in [0.5, 0.6) is 5.75 Å². The molecule has 0 saturated heterocycles. The van der Waals surface area contributed by atoms with E-state index in [-0.39, 0.29) is 10.8 Å². The van der Waals surface area contributed by atoms with Crippen molar-refractivity contribution in [1.82, 2.24) is 0 Å². The molecule has 0 N–H and O–H groups in total. The quantitative estimate of drug-likeness (QED) is 0.288. The van der Waals surface area contributed by atoms with Gasteiger partial charge in [0.15, 0.2) is 11.6 Å². The standard InChI is InChI=1S/C26H36ClFO/c1-3-5-7-19-8-10-20(11-9-19)21-12-14-22(15-13-21)23-16-17-24(26(28)25(23)27)29-18-6-4-2/h3,14,16-17,19-21H,1,4-13,15,18H2,2H3. The SMILES string of the molecule is C=CCCC1CCC(C2CC=C(c3ccc(OCCCC)c(F)c3Cl)CC2)CC1. The number of ether oxygens (including phenoxy) is 1. The number of hydrogen-bond donors (Lipinski definition) is 0. The Morgan fingerprint density at radius 2 is 1.97 bits per heavy atom. The van der Waals surface area contributed by atoms with Gasteiger partial charge in [-0.2, -0.15) is 0 Å². The van der Waals surface area contributed by atoms with Crippen molar-refractivity contribution in [3.05, 3.63) is 47.3 Å². The molecular formula is C26H36ClFO. The highest BCUT2D eigenvalue weighted by Gasteiger charge is 2.29. The second kappa shape index (κ2) is 11.2. The lowest BCUT2D eigenvalue weighted by molar-refractivity contribution is 0.190. The molecule has 0 radical (unpaired) electrons. The molecule has 1 nitrogen and oxygen atoms in total. The molecule has 2 aliphatic carbocycles. The highest BCUT2D eigenvalue weighted by molar-refractivity contribution is 6.32. The lowest BCUT2D eigenvalue weighted by Crippen LogP contribution is -2.23. The van der Waals surface area contributed by atoms with Gasteiger partial charge in [-0.15, -0.1) is 6.58 Å². The third kappa shape index (κ3) is 5.87. The van der Waals surface area contributed by atoms with Crippen LogP contribution in [0.3, 0.4) is 0 Å². The number of allylic oxidation sites excluding steroid dienone is 3. The molecule has 1 aromatic rings. The highest BCUT2D eigenvalue weighted by Crippen LogP contribution is 2.43. The molecule has 1 fully saturated rings. The summed E-state index contributed by atoms with van der Waals surface area (Å²) in [6, 6.07) is 3.67. The van der Waals surface area contributed by atoms with E-state index < -0.39 is 5.82 Å². The fourth-order valence-corrected chi connectivity index (χ4v) is 5.32. The van der Waals surface area contributed by atoms with Crippen LogP contribution in [0.25, 0.3) is 5.57 Å². The largest absolute Gasteiger partial charge is 0.490 e. The van der Waals surface area contributed by atoms with Crippen molar-refractivity contribution in [2.24, 2.45) is 17.8 Å². The summed E-state index contributed by atoms with van der Waals surface area (Å²) in [5.41, 5.74) is 2.04. The summed E-state index contributed by atoms with van der Waals surface area (Å²) in [6.45, 7) is 6.47. The van der Waals surface area contributed by atoms with Gasteiger partial charge in [-0.1, -0.05) is 49.9 Å². The van der Waals surface area contributed by atoms with Gasteiger partial charge >= 0.3 is 0 Å². The van der Waals surface area contributed by atoms with E-state index >= 15 is 0 Å². The van der Waals surface area contributed by atoms with Crippen molar-refractivity contribution in [3.8, 4) is 5.75 Å². The van der Waals surface area contributed by atoms with Gasteiger partial charge in [-0.3, -0.25) is 0 Å². The first-order valence-electron chi connectivity index (χ1n) is 11.5. The Hall–Kier alpha value is -1.28. The summed E-state index contributed by atoms with van der Waals surface area (Å²) in [5.74, 6) is 2.39. The smallest absolute Gasteiger partial charge is 0.184 e. The summed E-state index contributed by atoms with van der Waals surface area (Å²) in [4.78, 5) is 0. The Balaban J connectivity index is 1.57. The summed E-state index contributed by atoms with van der Waals surface area (Å²) >= 11 is 6.38. The van der Waals surface area contributed by atoms with Crippen molar-refractivity contribution in [1.29, 1.82) is 0 Å². The minimum Gasteiger partial charge on any atom is -0.490 e. The zero-order valence-electron chi connectivity index (χ0n) is 17.9. The summed E-state index contributed by atoms with van der Waals surface area (Å²) in [5, 5.41) is 0.214. The minimum absolute atomic E-state index is 0.214. The lowest BCUT2D eigenvalue weighted by atomic mass is 9.70. The van der Waals surface area contributed by atoms with Crippen LogP contribution in [0.15, 0.2) is 30.9 Å². The molecule has 160 valence electrons. The normalized spacial score (nSPS) is 24.8. The number of hydrogen-bond acceptors (Lipinski definition) is 1. The molecule has 0 heterocycles. The predicted octanol–water partition coefficient (Wildman–Crippen LogP) is 8.61. The van der Waals surface area contributed by atoms with E-state index in [2.05, 4.69) is 25.7 Å². The Morgan fingerprint density at radius 1 is 1.17 bits per heavy atom. The van der Waals surface area contributed by atoms with Gasteiger partial charge in [0, 0.05) is 0 Å². The molecule has 2 aliphatic rings. The third-order valence-corrected chi connectivity index (χ3v) is 7.31. The molecule has 1 atom stereocenters. The van der Waals surface area contributed by atoms with Crippen LogP contribution in [0.2, 0.25) is 5.02 Å². The fraction of sp³-hybridized carbons (Fsp3) is 0.615. The van der Waals surface area contributed by atoms with E-state index in [1.54, 1.807) is 6.07 Å². The Bertz CT molecular complexity index is 703. The van der Waals surface area contributed by atoms with Gasteiger partial charge in [-0.25, -0.2) is 4.39 Å². The van der Waals surface area contributed by atoms with Gasteiger partial charge < -0.3 is 4.74 Å². The van der Waals surface area contributed by atoms with Crippen molar-refractivity contribution in [2.75, 3.05) is 6.61 Å². The van der Waals surface area contributed by atoms with Crippen molar-refractivity contribution >= 4 is 17.2 Å². The van der Waals surface area contributed by atoms with Gasteiger partial charge in [0.2, 0.25) is 0 Å². The van der Waals surface area contributed by atoms with Crippen molar-refractivity contribution in [2.45, 2.75) is 77.6 Å². The average molecular weight is 419 g/mol. The van der Waals surface area contributed by atoms with Crippen LogP contribution >= 0.6 is 11.6 Å². The minimum atomic E-state index is -0.416.